The van der Waals surface area contributed by atoms with Crippen LogP contribution in [0.1, 0.15) is 69.8 Å². The summed E-state index contributed by atoms with van der Waals surface area (Å²) in [6, 6.07) is 5.56. The Morgan fingerprint density at radius 2 is 1.80 bits per heavy atom. The van der Waals surface area contributed by atoms with Crippen molar-refractivity contribution in [1.29, 1.82) is 0 Å². The van der Waals surface area contributed by atoms with Crippen LogP contribution in [0.15, 0.2) is 18.2 Å². The Morgan fingerprint density at radius 3 is 2.37 bits per heavy atom. The lowest BCUT2D eigenvalue weighted by atomic mass is 9.73. The number of carbonyl (C=O) groups is 3. The van der Waals surface area contributed by atoms with Crippen molar-refractivity contribution in [3.8, 4) is 0 Å². The minimum atomic E-state index is -0.642. The van der Waals surface area contributed by atoms with Gasteiger partial charge in [0.1, 0.15) is 0 Å². The molecule has 6 heteroatoms. The minimum absolute atomic E-state index is 0.0551. The van der Waals surface area contributed by atoms with Crippen LogP contribution in [0.3, 0.4) is 0 Å². The van der Waals surface area contributed by atoms with E-state index in [2.05, 4.69) is 39.9 Å². The van der Waals surface area contributed by atoms with Crippen LogP contribution in [0.4, 0.5) is 5.69 Å². The monoisotopic (exact) mass is 413 g/mol. The number of piperidine rings is 1. The number of hydrogen-bond acceptors (Lipinski definition) is 3. The molecule has 1 N–H and O–H groups in total. The van der Waals surface area contributed by atoms with Gasteiger partial charge >= 0.3 is 0 Å². The standard InChI is InChI=1S/C24H35N3O3/c1-16(2)15-25-21(29)17-7-8-19-18(13-17)24(22(30)26(19)6)9-11-27(12-10-24)20(28)14-23(3,4)5/h7-8,13,16H,9-12,14-15H2,1-6H3,(H,25,29). The summed E-state index contributed by atoms with van der Waals surface area (Å²) >= 11 is 0. The number of rotatable bonds is 4. The largest absolute Gasteiger partial charge is 0.352 e. The molecule has 1 saturated heterocycles. The summed E-state index contributed by atoms with van der Waals surface area (Å²) in [4.78, 5) is 42.1. The Balaban J connectivity index is 1.83. The third kappa shape index (κ3) is 4.23. The van der Waals surface area contributed by atoms with Crippen molar-refractivity contribution in [2.45, 2.75) is 59.3 Å². The number of fused-ring (bicyclic) bond motifs is 2. The zero-order valence-electron chi connectivity index (χ0n) is 19.2. The number of hydrogen-bond donors (Lipinski definition) is 1. The Kier molecular flexibility index (Phi) is 5.99. The van der Waals surface area contributed by atoms with Crippen molar-refractivity contribution in [3.63, 3.8) is 0 Å². The van der Waals surface area contributed by atoms with Crippen LogP contribution in [-0.2, 0) is 15.0 Å². The molecule has 1 aromatic rings. The molecule has 1 aromatic carbocycles. The van der Waals surface area contributed by atoms with Crippen LogP contribution in [0.25, 0.3) is 0 Å². The fourth-order valence-corrected chi connectivity index (χ4v) is 4.48. The summed E-state index contributed by atoms with van der Waals surface area (Å²) in [7, 11) is 1.80. The van der Waals surface area contributed by atoms with Crippen LogP contribution in [0.5, 0.6) is 0 Å². The van der Waals surface area contributed by atoms with Gasteiger partial charge in [0.15, 0.2) is 0 Å². The molecule has 0 aromatic heterocycles. The number of carbonyl (C=O) groups excluding carboxylic acids is 3. The molecule has 0 aliphatic carbocycles. The van der Waals surface area contributed by atoms with Crippen LogP contribution in [-0.4, -0.2) is 49.3 Å². The number of likely N-dealkylation sites (tertiary alicyclic amines) is 1. The van der Waals surface area contributed by atoms with Gasteiger partial charge in [-0.2, -0.15) is 0 Å². The summed E-state index contributed by atoms with van der Waals surface area (Å²) in [6.45, 7) is 12.1. The van der Waals surface area contributed by atoms with Crippen LogP contribution in [0.2, 0.25) is 0 Å². The van der Waals surface area contributed by atoms with Gasteiger partial charge in [0.25, 0.3) is 5.91 Å². The van der Waals surface area contributed by atoms with E-state index in [4.69, 9.17) is 0 Å². The van der Waals surface area contributed by atoms with Gasteiger partial charge in [-0.3, -0.25) is 14.4 Å². The Hall–Kier alpha value is -2.37. The summed E-state index contributed by atoms with van der Waals surface area (Å²) in [5, 5.41) is 2.96. The highest BCUT2D eigenvalue weighted by Crippen LogP contribution is 2.48. The summed E-state index contributed by atoms with van der Waals surface area (Å²) in [5.41, 5.74) is 1.69. The first-order valence-corrected chi connectivity index (χ1v) is 10.9. The van der Waals surface area contributed by atoms with Crippen LogP contribution in [0, 0.1) is 11.3 Å². The fourth-order valence-electron chi connectivity index (χ4n) is 4.48. The first kappa shape index (κ1) is 22.3. The SMILES string of the molecule is CC(C)CNC(=O)c1ccc2c(c1)C1(CCN(C(=O)CC(C)(C)C)CC1)C(=O)N2C. The third-order valence-corrected chi connectivity index (χ3v) is 6.17. The summed E-state index contributed by atoms with van der Waals surface area (Å²) < 4.78 is 0. The predicted octanol–water partition coefficient (Wildman–Crippen LogP) is 3.35. The Labute approximate surface area is 180 Å². The zero-order valence-corrected chi connectivity index (χ0v) is 19.2. The van der Waals surface area contributed by atoms with E-state index in [0.29, 0.717) is 50.4 Å². The van der Waals surface area contributed by atoms with Crippen molar-refractivity contribution in [1.82, 2.24) is 10.2 Å². The number of amides is 3. The lowest BCUT2D eigenvalue weighted by Crippen LogP contribution is -2.50. The van der Waals surface area contributed by atoms with E-state index in [9.17, 15) is 14.4 Å². The van der Waals surface area contributed by atoms with Gasteiger partial charge in [-0.15, -0.1) is 0 Å². The van der Waals surface area contributed by atoms with E-state index in [1.54, 1.807) is 18.0 Å². The second kappa shape index (κ2) is 8.05. The van der Waals surface area contributed by atoms with E-state index in [-0.39, 0.29) is 23.1 Å². The number of nitrogens with one attached hydrogen (secondary N) is 1. The van der Waals surface area contributed by atoms with Crippen molar-refractivity contribution in [2.24, 2.45) is 11.3 Å². The molecule has 0 atom stereocenters. The quantitative estimate of drug-likeness (QED) is 0.823. The maximum absolute atomic E-state index is 13.3. The normalized spacial score (nSPS) is 18.2. The minimum Gasteiger partial charge on any atom is -0.352 e. The maximum Gasteiger partial charge on any atom is 0.251 e. The average Bonchev–Trinajstić information content (AvgIpc) is 2.87. The molecule has 164 valence electrons. The van der Waals surface area contributed by atoms with E-state index in [0.717, 1.165) is 11.3 Å². The smallest absolute Gasteiger partial charge is 0.251 e. The van der Waals surface area contributed by atoms with Gasteiger partial charge in [0.2, 0.25) is 11.8 Å². The van der Waals surface area contributed by atoms with Crippen LogP contribution >= 0.6 is 0 Å². The summed E-state index contributed by atoms with van der Waals surface area (Å²) in [6.07, 6.45) is 1.69. The van der Waals surface area contributed by atoms with E-state index < -0.39 is 5.41 Å². The molecule has 0 unspecified atom stereocenters. The molecule has 0 radical (unpaired) electrons. The van der Waals surface area contributed by atoms with Gasteiger partial charge < -0.3 is 15.1 Å². The van der Waals surface area contributed by atoms with Crippen molar-refractivity contribution in [3.05, 3.63) is 29.3 Å². The molecule has 0 saturated carbocycles. The highest BCUT2D eigenvalue weighted by atomic mass is 16.2. The molecular formula is C24H35N3O3. The summed E-state index contributed by atoms with van der Waals surface area (Å²) in [5.74, 6) is 0.484. The maximum atomic E-state index is 13.3. The first-order valence-electron chi connectivity index (χ1n) is 10.9. The molecule has 30 heavy (non-hydrogen) atoms. The number of nitrogens with zero attached hydrogens (tertiary/aromatic N) is 2. The van der Waals surface area contributed by atoms with Crippen molar-refractivity contribution < 1.29 is 14.4 Å². The lowest BCUT2D eigenvalue weighted by Gasteiger charge is -2.39. The van der Waals surface area contributed by atoms with Gasteiger partial charge in [0.05, 0.1) is 5.41 Å². The average molecular weight is 414 g/mol. The molecule has 3 rings (SSSR count). The zero-order chi connectivity index (χ0) is 22.3. The molecule has 2 heterocycles. The highest BCUT2D eigenvalue weighted by Gasteiger charge is 2.51. The Bertz CT molecular complexity index is 846. The third-order valence-electron chi connectivity index (χ3n) is 6.17. The predicted molar refractivity (Wildman–Crippen MR) is 119 cm³/mol. The molecular weight excluding hydrogens is 378 g/mol. The van der Waals surface area contributed by atoms with Crippen molar-refractivity contribution >= 4 is 23.4 Å². The number of anilines is 1. The number of likely N-dealkylation sites (N-methyl/N-ethyl adjacent to an activating group) is 1. The number of benzene rings is 1. The molecule has 1 spiro atoms. The lowest BCUT2D eigenvalue weighted by molar-refractivity contribution is -0.137. The first-order chi connectivity index (χ1) is 13.9. The van der Waals surface area contributed by atoms with Crippen LogP contribution < -0.4 is 10.2 Å². The van der Waals surface area contributed by atoms with E-state index >= 15 is 0 Å². The van der Waals surface area contributed by atoms with Gasteiger partial charge in [-0.25, -0.2) is 0 Å². The highest BCUT2D eigenvalue weighted by molar-refractivity contribution is 6.09. The van der Waals surface area contributed by atoms with E-state index in [1.807, 2.05) is 17.0 Å². The van der Waals surface area contributed by atoms with Gasteiger partial charge in [-0.05, 0) is 47.9 Å². The molecule has 0 bridgehead atoms. The fraction of sp³-hybridized carbons (Fsp3) is 0.625. The molecule has 2 aliphatic rings. The molecule has 2 aliphatic heterocycles. The van der Waals surface area contributed by atoms with Gasteiger partial charge in [-0.1, -0.05) is 34.6 Å². The molecule has 3 amide bonds. The van der Waals surface area contributed by atoms with E-state index in [1.165, 1.54) is 0 Å². The van der Waals surface area contributed by atoms with Crippen molar-refractivity contribution in [2.75, 3.05) is 31.6 Å². The second-order valence-electron chi connectivity index (χ2n) is 10.4. The Morgan fingerprint density at radius 1 is 1.17 bits per heavy atom. The molecule has 6 nitrogen and oxygen atoms in total. The van der Waals surface area contributed by atoms with Gasteiger partial charge in [0, 0.05) is 44.4 Å². The second-order valence-corrected chi connectivity index (χ2v) is 10.4. The topological polar surface area (TPSA) is 69.7 Å². The molecule has 1 fully saturated rings.